The lowest BCUT2D eigenvalue weighted by molar-refractivity contribution is 0.101. The zero-order valence-corrected chi connectivity index (χ0v) is 11.1. The number of carbonyl (C=O) groups excluding carboxylic acids is 1. The minimum absolute atomic E-state index is 0.205. The highest BCUT2D eigenvalue weighted by Crippen LogP contribution is 2.22. The van der Waals surface area contributed by atoms with E-state index in [0.29, 0.717) is 22.4 Å². The number of halogens is 1. The van der Waals surface area contributed by atoms with Crippen molar-refractivity contribution in [3.8, 4) is 0 Å². The highest BCUT2D eigenvalue weighted by Gasteiger charge is 2.11. The van der Waals surface area contributed by atoms with Gasteiger partial charge in [-0.3, -0.25) is 4.79 Å². The van der Waals surface area contributed by atoms with Crippen molar-refractivity contribution in [3.05, 3.63) is 53.8 Å². The summed E-state index contributed by atoms with van der Waals surface area (Å²) in [4.78, 5) is 12.2. The van der Waals surface area contributed by atoms with E-state index in [0.717, 1.165) is 5.56 Å². The predicted molar refractivity (Wildman–Crippen MR) is 74.3 cm³/mol. The maximum Gasteiger partial charge on any atom is 0.278 e. The molecule has 0 fully saturated rings. The maximum absolute atomic E-state index is 13.0. The van der Waals surface area contributed by atoms with Crippen molar-refractivity contribution in [3.63, 3.8) is 0 Å². The van der Waals surface area contributed by atoms with Crippen molar-refractivity contribution in [2.24, 2.45) is 7.05 Å². The van der Waals surface area contributed by atoms with Gasteiger partial charge in [-0.25, -0.2) is 0 Å². The molecule has 20 heavy (non-hydrogen) atoms. The zero-order valence-electron chi connectivity index (χ0n) is 11.1. The topological polar surface area (TPSA) is 47.2 Å². The van der Waals surface area contributed by atoms with Gasteiger partial charge in [0, 0.05) is 30.4 Å². The van der Waals surface area contributed by atoms with Crippen LogP contribution in [0.5, 0.6) is 0 Å². The van der Waals surface area contributed by atoms with Crippen molar-refractivity contribution < 1.29 is 13.6 Å². The molecule has 0 atom stereocenters. The SMILES string of the molecule is Cc1cc(C(=O)Nc2ccc3oc(F)cc3c2)n(C)c1. The van der Waals surface area contributed by atoms with E-state index in [9.17, 15) is 9.18 Å². The van der Waals surface area contributed by atoms with Gasteiger partial charge in [0.05, 0.1) is 0 Å². The quantitative estimate of drug-likeness (QED) is 0.776. The van der Waals surface area contributed by atoms with Crippen LogP contribution in [-0.2, 0) is 7.05 Å². The van der Waals surface area contributed by atoms with Crippen LogP contribution in [0.15, 0.2) is 40.9 Å². The standard InChI is InChI=1S/C15H13FN2O2/c1-9-5-12(18(2)8-9)15(19)17-11-3-4-13-10(6-11)7-14(16)20-13/h3-8H,1-2H3,(H,17,19). The summed E-state index contributed by atoms with van der Waals surface area (Å²) in [7, 11) is 1.82. The minimum atomic E-state index is -0.637. The molecule has 2 heterocycles. The third kappa shape index (κ3) is 2.18. The molecule has 102 valence electrons. The smallest absolute Gasteiger partial charge is 0.278 e. The molecule has 1 N–H and O–H groups in total. The van der Waals surface area contributed by atoms with E-state index in [4.69, 9.17) is 4.42 Å². The van der Waals surface area contributed by atoms with Gasteiger partial charge < -0.3 is 14.3 Å². The van der Waals surface area contributed by atoms with E-state index >= 15 is 0 Å². The average Bonchev–Trinajstić information content (AvgIpc) is 2.90. The molecule has 3 rings (SSSR count). The maximum atomic E-state index is 13.0. The number of amides is 1. The first-order valence-corrected chi connectivity index (χ1v) is 6.16. The van der Waals surface area contributed by atoms with Crippen molar-refractivity contribution in [1.82, 2.24) is 4.57 Å². The third-order valence-electron chi connectivity index (χ3n) is 3.12. The Morgan fingerprint density at radius 1 is 1.30 bits per heavy atom. The van der Waals surface area contributed by atoms with Gasteiger partial charge >= 0.3 is 0 Å². The van der Waals surface area contributed by atoms with E-state index in [1.807, 2.05) is 26.2 Å². The Kier molecular flexibility index (Phi) is 2.82. The fraction of sp³-hybridized carbons (Fsp3) is 0.133. The molecule has 1 aromatic carbocycles. The van der Waals surface area contributed by atoms with Crippen molar-refractivity contribution in [2.45, 2.75) is 6.92 Å². The Bertz CT molecular complexity index is 801. The van der Waals surface area contributed by atoms with Crippen LogP contribution in [0.2, 0.25) is 0 Å². The fourth-order valence-electron chi connectivity index (χ4n) is 2.24. The van der Waals surface area contributed by atoms with Gasteiger partial charge in [-0.1, -0.05) is 0 Å². The van der Waals surface area contributed by atoms with Gasteiger partial charge in [0.1, 0.15) is 11.3 Å². The number of aryl methyl sites for hydroxylation is 2. The normalized spacial score (nSPS) is 10.9. The number of furan rings is 1. The van der Waals surface area contributed by atoms with Gasteiger partial charge in [0.15, 0.2) is 0 Å². The van der Waals surface area contributed by atoms with Gasteiger partial charge in [-0.15, -0.1) is 0 Å². The molecular formula is C15H13FN2O2. The lowest BCUT2D eigenvalue weighted by Gasteiger charge is -2.05. The number of hydrogen-bond acceptors (Lipinski definition) is 2. The van der Waals surface area contributed by atoms with E-state index in [2.05, 4.69) is 5.32 Å². The summed E-state index contributed by atoms with van der Waals surface area (Å²) >= 11 is 0. The molecule has 0 aliphatic carbocycles. The molecule has 0 bridgehead atoms. The molecule has 0 saturated heterocycles. The summed E-state index contributed by atoms with van der Waals surface area (Å²) in [5.41, 5.74) is 2.64. The summed E-state index contributed by atoms with van der Waals surface area (Å²) < 4.78 is 19.6. The summed E-state index contributed by atoms with van der Waals surface area (Å²) in [6.45, 7) is 1.93. The Morgan fingerprint density at radius 2 is 2.10 bits per heavy atom. The first-order chi connectivity index (χ1) is 9.52. The summed E-state index contributed by atoms with van der Waals surface area (Å²) in [6.07, 6.45) is 1.88. The Labute approximate surface area is 114 Å². The number of fused-ring (bicyclic) bond motifs is 1. The van der Waals surface area contributed by atoms with E-state index in [1.54, 1.807) is 22.8 Å². The molecule has 1 amide bonds. The van der Waals surface area contributed by atoms with E-state index in [1.165, 1.54) is 6.07 Å². The van der Waals surface area contributed by atoms with Gasteiger partial charge in [-0.2, -0.15) is 4.39 Å². The third-order valence-corrected chi connectivity index (χ3v) is 3.12. The second-order valence-electron chi connectivity index (χ2n) is 4.77. The number of aromatic nitrogens is 1. The van der Waals surface area contributed by atoms with Crippen molar-refractivity contribution >= 4 is 22.6 Å². The lowest BCUT2D eigenvalue weighted by Crippen LogP contribution is -2.15. The second kappa shape index (κ2) is 4.52. The van der Waals surface area contributed by atoms with E-state index < -0.39 is 6.01 Å². The summed E-state index contributed by atoms with van der Waals surface area (Å²) in [5, 5.41) is 3.40. The van der Waals surface area contributed by atoms with Crippen LogP contribution in [0.25, 0.3) is 11.0 Å². The van der Waals surface area contributed by atoms with E-state index in [-0.39, 0.29) is 5.91 Å². The zero-order chi connectivity index (χ0) is 14.3. The number of benzene rings is 1. The van der Waals surface area contributed by atoms with Crippen LogP contribution in [-0.4, -0.2) is 10.5 Å². The monoisotopic (exact) mass is 272 g/mol. The molecule has 0 radical (unpaired) electrons. The van der Waals surface area contributed by atoms with Crippen LogP contribution in [0.1, 0.15) is 16.1 Å². The highest BCUT2D eigenvalue weighted by molar-refractivity contribution is 6.04. The molecule has 0 aliphatic heterocycles. The van der Waals surface area contributed by atoms with Gasteiger partial charge in [0.25, 0.3) is 11.9 Å². The molecule has 4 nitrogen and oxygen atoms in total. The molecule has 0 aliphatic rings. The Morgan fingerprint density at radius 3 is 2.80 bits per heavy atom. The Balaban J connectivity index is 1.88. The van der Waals surface area contributed by atoms with Crippen LogP contribution >= 0.6 is 0 Å². The van der Waals surface area contributed by atoms with Gasteiger partial charge in [-0.05, 0) is 36.8 Å². The molecular weight excluding hydrogens is 259 g/mol. The number of carbonyl (C=O) groups is 1. The number of nitrogens with zero attached hydrogens (tertiary/aromatic N) is 1. The van der Waals surface area contributed by atoms with Crippen LogP contribution < -0.4 is 5.32 Å². The molecule has 0 saturated carbocycles. The van der Waals surface area contributed by atoms with Crippen LogP contribution in [0.3, 0.4) is 0 Å². The molecule has 0 spiro atoms. The fourth-order valence-corrected chi connectivity index (χ4v) is 2.24. The number of nitrogens with one attached hydrogen (secondary N) is 1. The van der Waals surface area contributed by atoms with Crippen LogP contribution in [0, 0.1) is 12.9 Å². The number of hydrogen-bond donors (Lipinski definition) is 1. The molecule has 5 heteroatoms. The van der Waals surface area contributed by atoms with Crippen molar-refractivity contribution in [1.29, 1.82) is 0 Å². The number of anilines is 1. The first-order valence-electron chi connectivity index (χ1n) is 6.16. The number of rotatable bonds is 2. The highest BCUT2D eigenvalue weighted by atomic mass is 19.1. The first kappa shape index (κ1) is 12.5. The largest absolute Gasteiger partial charge is 0.431 e. The van der Waals surface area contributed by atoms with Crippen molar-refractivity contribution in [2.75, 3.05) is 5.32 Å². The van der Waals surface area contributed by atoms with Crippen LogP contribution in [0.4, 0.5) is 10.1 Å². The molecule has 2 aromatic heterocycles. The average molecular weight is 272 g/mol. The van der Waals surface area contributed by atoms with Gasteiger partial charge in [0.2, 0.25) is 0 Å². The molecule has 0 unspecified atom stereocenters. The summed E-state index contributed by atoms with van der Waals surface area (Å²) in [6, 6.07) is 7.45. The lowest BCUT2D eigenvalue weighted by atomic mass is 10.2. The molecule has 3 aromatic rings. The predicted octanol–water partition coefficient (Wildman–Crippen LogP) is 3.47. The Hall–Kier alpha value is -2.56. The summed E-state index contributed by atoms with van der Waals surface area (Å²) in [5.74, 6) is -0.205. The minimum Gasteiger partial charge on any atom is -0.431 e. The second-order valence-corrected chi connectivity index (χ2v) is 4.77.